The van der Waals surface area contributed by atoms with Crippen LogP contribution in [0.15, 0.2) is 36.4 Å². The Bertz CT molecular complexity index is 572. The molecule has 0 fully saturated rings. The van der Waals surface area contributed by atoms with E-state index in [0.29, 0.717) is 0 Å². The van der Waals surface area contributed by atoms with Gasteiger partial charge in [0.2, 0.25) is 0 Å². The normalized spacial score (nSPS) is 13.4. The molecule has 0 saturated heterocycles. The summed E-state index contributed by atoms with van der Waals surface area (Å²) in [5.74, 6) is 5.85. The van der Waals surface area contributed by atoms with Gasteiger partial charge in [0, 0.05) is 30.6 Å². The number of aryl methyl sites for hydroxylation is 2. The Hall–Kier alpha value is -1.65. The Morgan fingerprint density at radius 2 is 1.95 bits per heavy atom. The van der Waals surface area contributed by atoms with Crippen LogP contribution in [0.4, 0.5) is 0 Å². The lowest BCUT2D eigenvalue weighted by Crippen LogP contribution is -2.49. The molecule has 4 nitrogen and oxygen atoms in total. The van der Waals surface area contributed by atoms with Crippen LogP contribution in [0.1, 0.15) is 37.7 Å². The van der Waals surface area contributed by atoms with Crippen molar-refractivity contribution < 1.29 is 0 Å². The fourth-order valence-corrected chi connectivity index (χ4v) is 2.74. The van der Waals surface area contributed by atoms with Gasteiger partial charge in [0.25, 0.3) is 0 Å². The molecule has 1 aromatic carbocycles. The van der Waals surface area contributed by atoms with Crippen molar-refractivity contribution in [3.63, 3.8) is 0 Å². The van der Waals surface area contributed by atoms with E-state index in [1.54, 1.807) is 0 Å². The lowest BCUT2D eigenvalue weighted by Gasteiger charge is -2.34. The van der Waals surface area contributed by atoms with Gasteiger partial charge in [0.1, 0.15) is 0 Å². The summed E-state index contributed by atoms with van der Waals surface area (Å²) in [6, 6.07) is 12.8. The summed E-state index contributed by atoms with van der Waals surface area (Å²) in [6.45, 7) is 6.58. The van der Waals surface area contributed by atoms with Gasteiger partial charge in [-0.3, -0.25) is 16.0 Å². The van der Waals surface area contributed by atoms with Crippen LogP contribution < -0.4 is 11.3 Å². The Kier molecular flexibility index (Phi) is 4.80. The van der Waals surface area contributed by atoms with E-state index in [4.69, 9.17) is 5.84 Å². The van der Waals surface area contributed by atoms with Gasteiger partial charge in [-0.25, -0.2) is 0 Å². The predicted molar refractivity (Wildman–Crippen MR) is 86.9 cm³/mol. The summed E-state index contributed by atoms with van der Waals surface area (Å²) in [5.41, 5.74) is 6.56. The van der Waals surface area contributed by atoms with Crippen molar-refractivity contribution in [3.8, 4) is 0 Å². The summed E-state index contributed by atoms with van der Waals surface area (Å²) in [6.07, 6.45) is 1.80. The molecule has 1 unspecified atom stereocenters. The van der Waals surface area contributed by atoms with Crippen molar-refractivity contribution in [1.82, 2.24) is 15.2 Å². The highest BCUT2D eigenvalue weighted by molar-refractivity contribution is 5.27. The number of nitrogens with one attached hydrogen (secondary N) is 1. The molecule has 0 aliphatic rings. The van der Waals surface area contributed by atoms with Crippen molar-refractivity contribution in [2.75, 3.05) is 0 Å². The van der Waals surface area contributed by atoms with E-state index in [0.717, 1.165) is 18.5 Å². The smallest absolute Gasteiger partial charge is 0.0624 e. The lowest BCUT2D eigenvalue weighted by atomic mass is 9.76. The minimum atomic E-state index is -0.0628. The molecule has 0 bridgehead atoms. The van der Waals surface area contributed by atoms with Gasteiger partial charge in [-0.1, -0.05) is 51.1 Å². The van der Waals surface area contributed by atoms with E-state index in [9.17, 15) is 0 Å². The molecule has 0 radical (unpaired) electrons. The van der Waals surface area contributed by atoms with Crippen LogP contribution in [0.5, 0.6) is 0 Å². The van der Waals surface area contributed by atoms with Crippen LogP contribution in [0.2, 0.25) is 0 Å². The van der Waals surface area contributed by atoms with Crippen molar-refractivity contribution in [2.45, 2.75) is 45.1 Å². The Morgan fingerprint density at radius 1 is 1.29 bits per heavy atom. The zero-order chi connectivity index (χ0) is 15.5. The number of nitrogens with zero attached hydrogens (tertiary/aromatic N) is 2. The second-order valence-electron chi connectivity index (χ2n) is 6.12. The van der Waals surface area contributed by atoms with Crippen LogP contribution in [-0.2, 0) is 25.3 Å². The summed E-state index contributed by atoms with van der Waals surface area (Å²) in [7, 11) is 2.00. The van der Waals surface area contributed by atoms with E-state index in [1.807, 2.05) is 17.8 Å². The minimum absolute atomic E-state index is 0.0628. The van der Waals surface area contributed by atoms with Gasteiger partial charge in [-0.15, -0.1) is 0 Å². The molecule has 1 atom stereocenters. The summed E-state index contributed by atoms with van der Waals surface area (Å²) < 4.78 is 1.96. The lowest BCUT2D eigenvalue weighted by molar-refractivity contribution is 0.336. The first-order valence-electron chi connectivity index (χ1n) is 7.52. The number of rotatable bonds is 6. The van der Waals surface area contributed by atoms with Gasteiger partial charge in [0.05, 0.1) is 5.69 Å². The molecule has 2 rings (SSSR count). The van der Waals surface area contributed by atoms with Gasteiger partial charge >= 0.3 is 0 Å². The fraction of sp³-hybridized carbons (Fsp3) is 0.471. The second kappa shape index (κ2) is 6.41. The zero-order valence-electron chi connectivity index (χ0n) is 13.4. The average Bonchev–Trinajstić information content (AvgIpc) is 2.85. The molecular weight excluding hydrogens is 260 g/mol. The molecule has 1 aromatic heterocycles. The third kappa shape index (κ3) is 3.34. The number of benzene rings is 1. The molecule has 3 N–H and O–H groups in total. The van der Waals surface area contributed by atoms with E-state index in [2.05, 4.69) is 61.6 Å². The molecule has 1 heterocycles. The first kappa shape index (κ1) is 15.7. The molecule has 0 spiro atoms. The molecule has 0 saturated carbocycles. The Labute approximate surface area is 127 Å². The minimum Gasteiger partial charge on any atom is -0.272 e. The highest BCUT2D eigenvalue weighted by atomic mass is 15.3. The van der Waals surface area contributed by atoms with E-state index < -0.39 is 0 Å². The molecule has 0 aliphatic heterocycles. The van der Waals surface area contributed by atoms with E-state index in [1.165, 1.54) is 11.3 Å². The van der Waals surface area contributed by atoms with Gasteiger partial charge < -0.3 is 0 Å². The molecule has 4 heteroatoms. The van der Waals surface area contributed by atoms with Gasteiger partial charge in [0.15, 0.2) is 0 Å². The van der Waals surface area contributed by atoms with Crippen LogP contribution >= 0.6 is 0 Å². The molecule has 0 amide bonds. The number of hydrogen-bond acceptors (Lipinski definition) is 3. The zero-order valence-corrected chi connectivity index (χ0v) is 13.4. The summed E-state index contributed by atoms with van der Waals surface area (Å²) in [4.78, 5) is 0. The molecular formula is C17H26N4. The first-order valence-corrected chi connectivity index (χ1v) is 7.52. The van der Waals surface area contributed by atoms with Crippen molar-refractivity contribution >= 4 is 0 Å². The van der Waals surface area contributed by atoms with Crippen molar-refractivity contribution in [1.29, 1.82) is 0 Å². The van der Waals surface area contributed by atoms with Crippen molar-refractivity contribution in [2.24, 2.45) is 12.9 Å². The third-order valence-corrected chi connectivity index (χ3v) is 4.39. The van der Waals surface area contributed by atoms with Gasteiger partial charge in [-0.2, -0.15) is 5.10 Å². The van der Waals surface area contributed by atoms with E-state index in [-0.39, 0.29) is 11.5 Å². The maximum Gasteiger partial charge on any atom is 0.0624 e. The number of hydrogen-bond donors (Lipinski definition) is 2. The predicted octanol–water partition coefficient (Wildman–Crippen LogP) is 2.33. The van der Waals surface area contributed by atoms with Crippen LogP contribution in [0.3, 0.4) is 0 Å². The summed E-state index contributed by atoms with van der Waals surface area (Å²) >= 11 is 0. The number of hydrazine groups is 1. The maximum absolute atomic E-state index is 5.85. The second-order valence-corrected chi connectivity index (χ2v) is 6.12. The number of nitrogens with two attached hydrogens (primary N) is 1. The highest BCUT2D eigenvalue weighted by Gasteiger charge is 2.31. The fourth-order valence-electron chi connectivity index (χ4n) is 2.74. The molecule has 114 valence electrons. The SMILES string of the molecule is CCc1cc(CC(NN)C(C)(C)c2ccccc2)n(C)n1. The first-order chi connectivity index (χ1) is 9.98. The highest BCUT2D eigenvalue weighted by Crippen LogP contribution is 2.28. The Balaban J connectivity index is 2.25. The number of aromatic nitrogens is 2. The Morgan fingerprint density at radius 3 is 2.48 bits per heavy atom. The van der Waals surface area contributed by atoms with Crippen LogP contribution in [0.25, 0.3) is 0 Å². The quantitative estimate of drug-likeness (QED) is 0.633. The summed E-state index contributed by atoms with van der Waals surface area (Å²) in [5, 5.41) is 4.52. The third-order valence-electron chi connectivity index (χ3n) is 4.39. The van der Waals surface area contributed by atoms with E-state index >= 15 is 0 Å². The molecule has 2 aromatic rings. The average molecular weight is 286 g/mol. The van der Waals surface area contributed by atoms with Gasteiger partial charge in [-0.05, 0) is 18.1 Å². The van der Waals surface area contributed by atoms with Crippen LogP contribution in [-0.4, -0.2) is 15.8 Å². The molecule has 0 aliphatic carbocycles. The standard InChI is InChI=1S/C17H26N4/c1-5-14-11-15(21(4)20-14)12-16(19-18)17(2,3)13-9-7-6-8-10-13/h6-11,16,19H,5,12,18H2,1-4H3. The molecule has 21 heavy (non-hydrogen) atoms. The van der Waals surface area contributed by atoms with Crippen molar-refractivity contribution in [3.05, 3.63) is 53.3 Å². The van der Waals surface area contributed by atoms with Crippen LogP contribution in [0, 0.1) is 0 Å². The monoisotopic (exact) mass is 286 g/mol. The largest absolute Gasteiger partial charge is 0.272 e. The topological polar surface area (TPSA) is 55.9 Å². The maximum atomic E-state index is 5.85.